The van der Waals surface area contributed by atoms with Gasteiger partial charge in [0, 0.05) is 19.2 Å². The monoisotopic (exact) mass is 261 g/mol. The first-order chi connectivity index (χ1) is 9.31. The van der Waals surface area contributed by atoms with Gasteiger partial charge in [0.15, 0.2) is 0 Å². The van der Waals surface area contributed by atoms with Crippen molar-refractivity contribution in [2.24, 2.45) is 0 Å². The Bertz CT molecular complexity index is 511. The molecule has 0 aliphatic heterocycles. The standard InChI is InChI=1S/C13H19N5O/c1-3-6-14-13-15-7-5-11(18-13)16-9-12-17-8-10(4-2)19-12/h5,7-8H,3-4,6,9H2,1-2H3,(H2,14,15,16,18). The first-order valence-electron chi connectivity index (χ1n) is 6.56. The van der Waals surface area contributed by atoms with Crippen molar-refractivity contribution in [1.29, 1.82) is 0 Å². The van der Waals surface area contributed by atoms with Crippen LogP contribution in [-0.4, -0.2) is 21.5 Å². The van der Waals surface area contributed by atoms with Gasteiger partial charge in [0.05, 0.1) is 12.7 Å². The van der Waals surface area contributed by atoms with Crippen LogP contribution in [-0.2, 0) is 13.0 Å². The van der Waals surface area contributed by atoms with Crippen LogP contribution >= 0.6 is 0 Å². The van der Waals surface area contributed by atoms with Crippen molar-refractivity contribution < 1.29 is 4.42 Å². The molecule has 2 aromatic heterocycles. The first kappa shape index (κ1) is 13.3. The topological polar surface area (TPSA) is 75.9 Å². The molecule has 2 N–H and O–H groups in total. The Kier molecular flexibility index (Phi) is 4.72. The zero-order valence-corrected chi connectivity index (χ0v) is 11.3. The molecule has 0 aliphatic carbocycles. The fourth-order valence-corrected chi connectivity index (χ4v) is 1.54. The Morgan fingerprint density at radius 3 is 2.84 bits per heavy atom. The molecule has 0 bridgehead atoms. The summed E-state index contributed by atoms with van der Waals surface area (Å²) in [6, 6.07) is 1.82. The van der Waals surface area contributed by atoms with Gasteiger partial charge in [-0.05, 0) is 12.5 Å². The van der Waals surface area contributed by atoms with E-state index in [0.717, 1.165) is 31.0 Å². The average Bonchev–Trinajstić information content (AvgIpc) is 2.91. The third-order valence-electron chi connectivity index (χ3n) is 2.56. The summed E-state index contributed by atoms with van der Waals surface area (Å²) in [5, 5.41) is 6.31. The molecule has 6 heteroatoms. The molecule has 0 unspecified atom stereocenters. The molecule has 0 saturated heterocycles. The van der Waals surface area contributed by atoms with Gasteiger partial charge in [0.2, 0.25) is 11.8 Å². The van der Waals surface area contributed by atoms with Gasteiger partial charge in [-0.1, -0.05) is 13.8 Å². The number of aryl methyl sites for hydroxylation is 1. The third kappa shape index (κ3) is 3.94. The Labute approximate surface area is 112 Å². The van der Waals surface area contributed by atoms with Crippen LogP contribution < -0.4 is 10.6 Å². The first-order valence-corrected chi connectivity index (χ1v) is 6.56. The highest BCUT2D eigenvalue weighted by atomic mass is 16.4. The molecule has 0 amide bonds. The third-order valence-corrected chi connectivity index (χ3v) is 2.56. The molecule has 0 aromatic carbocycles. The van der Waals surface area contributed by atoms with Gasteiger partial charge in [-0.3, -0.25) is 0 Å². The molecule has 6 nitrogen and oxygen atoms in total. The van der Waals surface area contributed by atoms with Crippen molar-refractivity contribution >= 4 is 11.8 Å². The molecule has 0 aliphatic rings. The maximum atomic E-state index is 5.52. The highest BCUT2D eigenvalue weighted by Crippen LogP contribution is 2.09. The van der Waals surface area contributed by atoms with E-state index < -0.39 is 0 Å². The Morgan fingerprint density at radius 1 is 1.21 bits per heavy atom. The lowest BCUT2D eigenvalue weighted by atomic mass is 10.4. The minimum absolute atomic E-state index is 0.518. The second-order valence-corrected chi connectivity index (χ2v) is 4.12. The highest BCUT2D eigenvalue weighted by molar-refractivity contribution is 5.39. The van der Waals surface area contributed by atoms with E-state index in [-0.39, 0.29) is 0 Å². The fourth-order valence-electron chi connectivity index (χ4n) is 1.54. The summed E-state index contributed by atoms with van der Waals surface area (Å²) in [7, 11) is 0. The summed E-state index contributed by atoms with van der Waals surface area (Å²) in [5.41, 5.74) is 0. The smallest absolute Gasteiger partial charge is 0.224 e. The van der Waals surface area contributed by atoms with Gasteiger partial charge in [-0.2, -0.15) is 4.98 Å². The molecule has 0 atom stereocenters. The summed E-state index contributed by atoms with van der Waals surface area (Å²) in [5.74, 6) is 2.95. The quantitative estimate of drug-likeness (QED) is 0.797. The molecule has 0 fully saturated rings. The lowest BCUT2D eigenvalue weighted by Crippen LogP contribution is -2.07. The summed E-state index contributed by atoms with van der Waals surface area (Å²) in [6.07, 6.45) is 5.37. The zero-order valence-electron chi connectivity index (χ0n) is 11.3. The lowest BCUT2D eigenvalue weighted by Gasteiger charge is -2.06. The maximum absolute atomic E-state index is 5.52. The number of aromatic nitrogens is 3. The van der Waals surface area contributed by atoms with Crippen molar-refractivity contribution in [3.05, 3.63) is 30.1 Å². The van der Waals surface area contributed by atoms with Crippen molar-refractivity contribution in [3.63, 3.8) is 0 Å². The zero-order chi connectivity index (χ0) is 13.5. The van der Waals surface area contributed by atoms with Gasteiger partial charge < -0.3 is 15.1 Å². The van der Waals surface area contributed by atoms with Gasteiger partial charge >= 0.3 is 0 Å². The lowest BCUT2D eigenvalue weighted by molar-refractivity contribution is 0.465. The van der Waals surface area contributed by atoms with E-state index in [2.05, 4.69) is 32.5 Å². The molecule has 2 heterocycles. The second-order valence-electron chi connectivity index (χ2n) is 4.12. The molecule has 0 saturated carbocycles. The predicted octanol–water partition coefficient (Wildman–Crippen LogP) is 2.46. The van der Waals surface area contributed by atoms with Gasteiger partial charge in [-0.25, -0.2) is 9.97 Å². The average molecular weight is 261 g/mol. The second kappa shape index (κ2) is 6.72. The van der Waals surface area contributed by atoms with E-state index >= 15 is 0 Å². The van der Waals surface area contributed by atoms with E-state index in [1.165, 1.54) is 0 Å². The van der Waals surface area contributed by atoms with Crippen LogP contribution in [0.4, 0.5) is 11.8 Å². The number of hydrogen-bond acceptors (Lipinski definition) is 6. The van der Waals surface area contributed by atoms with Crippen LogP contribution in [0.15, 0.2) is 22.9 Å². The number of rotatable bonds is 7. The molecular weight excluding hydrogens is 242 g/mol. The predicted molar refractivity (Wildman–Crippen MR) is 74.0 cm³/mol. The van der Waals surface area contributed by atoms with Gasteiger partial charge in [0.25, 0.3) is 0 Å². The van der Waals surface area contributed by atoms with Crippen molar-refractivity contribution in [2.45, 2.75) is 33.2 Å². The largest absolute Gasteiger partial charge is 0.444 e. The summed E-state index contributed by atoms with van der Waals surface area (Å²) < 4.78 is 5.52. The van der Waals surface area contributed by atoms with Crippen LogP contribution in [0.1, 0.15) is 31.9 Å². The normalized spacial score (nSPS) is 10.4. The van der Waals surface area contributed by atoms with Gasteiger partial charge in [-0.15, -0.1) is 0 Å². The Balaban J connectivity index is 1.91. The van der Waals surface area contributed by atoms with Crippen LogP contribution in [0.5, 0.6) is 0 Å². The molecule has 2 rings (SSSR count). The number of hydrogen-bond donors (Lipinski definition) is 2. The maximum Gasteiger partial charge on any atom is 0.224 e. The van der Waals surface area contributed by atoms with Crippen molar-refractivity contribution in [1.82, 2.24) is 15.0 Å². The van der Waals surface area contributed by atoms with E-state index in [1.807, 2.05) is 13.0 Å². The number of nitrogens with zero attached hydrogens (tertiary/aromatic N) is 3. The summed E-state index contributed by atoms with van der Waals surface area (Å²) in [4.78, 5) is 12.7. The fraction of sp³-hybridized carbons (Fsp3) is 0.462. The molecule has 0 radical (unpaired) electrons. The Morgan fingerprint density at radius 2 is 2.11 bits per heavy atom. The van der Waals surface area contributed by atoms with E-state index in [4.69, 9.17) is 4.42 Å². The van der Waals surface area contributed by atoms with E-state index in [0.29, 0.717) is 18.4 Å². The Hall–Kier alpha value is -2.11. The van der Waals surface area contributed by atoms with Crippen LogP contribution in [0.25, 0.3) is 0 Å². The molecule has 2 aromatic rings. The molecule has 0 spiro atoms. The highest BCUT2D eigenvalue weighted by Gasteiger charge is 2.03. The van der Waals surface area contributed by atoms with Crippen molar-refractivity contribution in [2.75, 3.05) is 17.2 Å². The summed E-state index contributed by atoms with van der Waals surface area (Å²) >= 11 is 0. The van der Waals surface area contributed by atoms with Crippen LogP contribution in [0.3, 0.4) is 0 Å². The van der Waals surface area contributed by atoms with Gasteiger partial charge in [0.1, 0.15) is 11.6 Å². The SMILES string of the molecule is CCCNc1nccc(NCc2ncc(CC)o2)n1. The van der Waals surface area contributed by atoms with E-state index in [1.54, 1.807) is 12.4 Å². The minimum Gasteiger partial charge on any atom is -0.444 e. The van der Waals surface area contributed by atoms with Crippen LogP contribution in [0, 0.1) is 0 Å². The molecule has 102 valence electrons. The van der Waals surface area contributed by atoms with Crippen molar-refractivity contribution in [3.8, 4) is 0 Å². The number of anilines is 2. The number of oxazole rings is 1. The van der Waals surface area contributed by atoms with E-state index in [9.17, 15) is 0 Å². The van der Waals surface area contributed by atoms with Crippen LogP contribution in [0.2, 0.25) is 0 Å². The molecule has 19 heavy (non-hydrogen) atoms. The summed E-state index contributed by atoms with van der Waals surface area (Å²) in [6.45, 7) is 5.52. The number of nitrogens with one attached hydrogen (secondary N) is 2. The minimum atomic E-state index is 0.518. The molecular formula is C13H19N5O.